The molecule has 0 amide bonds. The molecule has 0 aromatic carbocycles. The van der Waals surface area contributed by atoms with Gasteiger partial charge in [0, 0.05) is 6.04 Å². The van der Waals surface area contributed by atoms with Crippen molar-refractivity contribution in [1.29, 1.82) is 0 Å². The zero-order valence-electron chi connectivity index (χ0n) is 10.3. The number of ether oxygens (including phenoxy) is 1. The lowest BCUT2D eigenvalue weighted by Gasteiger charge is -2.21. The molecule has 0 saturated heterocycles. The normalized spacial score (nSPS) is 30.3. The van der Waals surface area contributed by atoms with Gasteiger partial charge in [-0.3, -0.25) is 0 Å². The summed E-state index contributed by atoms with van der Waals surface area (Å²) in [6.45, 7) is 10.1. The highest BCUT2D eigenvalue weighted by atomic mass is 16.5. The molecule has 0 aromatic heterocycles. The zero-order valence-corrected chi connectivity index (χ0v) is 10.3. The summed E-state index contributed by atoms with van der Waals surface area (Å²) in [4.78, 5) is 0. The first-order chi connectivity index (χ1) is 6.89. The lowest BCUT2D eigenvalue weighted by atomic mass is 9.94. The van der Waals surface area contributed by atoms with Gasteiger partial charge in [0.15, 0.2) is 0 Å². The molecule has 0 bridgehead atoms. The summed E-state index contributed by atoms with van der Waals surface area (Å²) in [5.41, 5.74) is 8.40. The number of rotatable bonds is 2. The maximum Gasteiger partial charge on any atom is 0.0876 e. The molecule has 1 fully saturated rings. The van der Waals surface area contributed by atoms with Crippen LogP contribution in [0.15, 0.2) is 11.8 Å². The second-order valence-electron chi connectivity index (χ2n) is 6.11. The Morgan fingerprint density at radius 1 is 1.33 bits per heavy atom. The third-order valence-corrected chi connectivity index (χ3v) is 4.88. The Kier molecular flexibility index (Phi) is 2.38. The van der Waals surface area contributed by atoms with E-state index < -0.39 is 0 Å². The summed E-state index contributed by atoms with van der Waals surface area (Å²) < 4.78 is 5.38. The first-order valence-corrected chi connectivity index (χ1v) is 5.95. The second-order valence-corrected chi connectivity index (χ2v) is 6.11. The van der Waals surface area contributed by atoms with E-state index in [-0.39, 0.29) is 6.04 Å². The predicted molar refractivity (Wildman–Crippen MR) is 62.3 cm³/mol. The van der Waals surface area contributed by atoms with Gasteiger partial charge in [0.1, 0.15) is 0 Å². The highest BCUT2D eigenvalue weighted by Gasteiger charge is 2.66. The molecule has 0 spiro atoms. The monoisotopic (exact) mass is 209 g/mol. The topological polar surface area (TPSA) is 35.2 Å². The minimum Gasteiger partial charge on any atom is -0.501 e. The summed E-state index contributed by atoms with van der Waals surface area (Å²) in [6, 6.07) is 0.190. The lowest BCUT2D eigenvalue weighted by Crippen LogP contribution is -2.29. The Hall–Kier alpha value is -0.500. The molecule has 2 rings (SSSR count). The second kappa shape index (κ2) is 3.24. The smallest absolute Gasteiger partial charge is 0.0876 e. The minimum atomic E-state index is 0.190. The molecule has 0 aromatic rings. The van der Waals surface area contributed by atoms with Crippen LogP contribution in [0.1, 0.15) is 40.5 Å². The first-order valence-electron chi connectivity index (χ1n) is 5.95. The standard InChI is InChI=1S/C13H23NO/c1-12(2)11(13(12,3)4)10(14)9-6-5-7-15-8-9/h8,10-11H,5-7,14H2,1-4H3. The van der Waals surface area contributed by atoms with Crippen LogP contribution >= 0.6 is 0 Å². The molecule has 86 valence electrons. The maximum atomic E-state index is 6.36. The SMILES string of the molecule is CC1(C)C(C(N)C2=COCCC2)C1(C)C. The van der Waals surface area contributed by atoms with Gasteiger partial charge in [0.2, 0.25) is 0 Å². The van der Waals surface area contributed by atoms with Crippen LogP contribution in [0.2, 0.25) is 0 Å². The van der Waals surface area contributed by atoms with Crippen molar-refractivity contribution in [3.63, 3.8) is 0 Å². The largest absolute Gasteiger partial charge is 0.501 e. The molecular formula is C13H23NO. The molecule has 1 atom stereocenters. The maximum absolute atomic E-state index is 6.36. The van der Waals surface area contributed by atoms with Gasteiger partial charge >= 0.3 is 0 Å². The van der Waals surface area contributed by atoms with Crippen molar-refractivity contribution in [1.82, 2.24) is 0 Å². The molecule has 0 radical (unpaired) electrons. The van der Waals surface area contributed by atoms with Gasteiger partial charge in [-0.25, -0.2) is 0 Å². The molecule has 1 aliphatic carbocycles. The van der Waals surface area contributed by atoms with Crippen molar-refractivity contribution in [2.75, 3.05) is 6.61 Å². The average molecular weight is 209 g/mol. The Bertz CT molecular complexity index is 277. The van der Waals surface area contributed by atoms with Crippen molar-refractivity contribution in [3.8, 4) is 0 Å². The van der Waals surface area contributed by atoms with Crippen molar-refractivity contribution >= 4 is 0 Å². The van der Waals surface area contributed by atoms with Crippen LogP contribution in [0.5, 0.6) is 0 Å². The molecule has 1 aliphatic heterocycles. The van der Waals surface area contributed by atoms with Crippen LogP contribution in [0.25, 0.3) is 0 Å². The van der Waals surface area contributed by atoms with E-state index in [2.05, 4.69) is 27.7 Å². The fourth-order valence-corrected chi connectivity index (χ4v) is 3.19. The number of hydrogen-bond donors (Lipinski definition) is 1. The van der Waals surface area contributed by atoms with Gasteiger partial charge in [-0.1, -0.05) is 27.7 Å². The van der Waals surface area contributed by atoms with Crippen LogP contribution in [0, 0.1) is 16.7 Å². The fourth-order valence-electron chi connectivity index (χ4n) is 3.19. The van der Waals surface area contributed by atoms with Crippen molar-refractivity contribution in [3.05, 3.63) is 11.8 Å². The third kappa shape index (κ3) is 1.50. The lowest BCUT2D eigenvalue weighted by molar-refractivity contribution is 0.219. The quantitative estimate of drug-likeness (QED) is 0.759. The molecule has 2 heteroatoms. The Labute approximate surface area is 92.9 Å². The van der Waals surface area contributed by atoms with Crippen molar-refractivity contribution < 1.29 is 4.74 Å². The van der Waals surface area contributed by atoms with Crippen LogP contribution in [0.4, 0.5) is 0 Å². The van der Waals surface area contributed by atoms with E-state index in [0.717, 1.165) is 19.4 Å². The molecule has 15 heavy (non-hydrogen) atoms. The van der Waals surface area contributed by atoms with E-state index in [1.165, 1.54) is 5.57 Å². The summed E-state index contributed by atoms with van der Waals surface area (Å²) in [6.07, 6.45) is 4.13. The average Bonchev–Trinajstić information content (AvgIpc) is 2.58. The van der Waals surface area contributed by atoms with E-state index in [1.54, 1.807) is 0 Å². The van der Waals surface area contributed by atoms with E-state index in [1.807, 2.05) is 6.26 Å². The Morgan fingerprint density at radius 2 is 1.93 bits per heavy atom. The molecule has 2 nitrogen and oxygen atoms in total. The van der Waals surface area contributed by atoms with Crippen molar-refractivity contribution in [2.45, 2.75) is 46.6 Å². The van der Waals surface area contributed by atoms with Gasteiger partial charge in [-0.05, 0) is 35.2 Å². The van der Waals surface area contributed by atoms with Crippen LogP contribution in [-0.4, -0.2) is 12.6 Å². The fraction of sp³-hybridized carbons (Fsp3) is 0.846. The van der Waals surface area contributed by atoms with Gasteiger partial charge in [0.05, 0.1) is 12.9 Å². The summed E-state index contributed by atoms with van der Waals surface area (Å²) >= 11 is 0. The number of nitrogens with two attached hydrogens (primary N) is 1. The predicted octanol–water partition coefficient (Wildman–Crippen LogP) is 2.69. The number of hydrogen-bond acceptors (Lipinski definition) is 2. The highest BCUT2D eigenvalue weighted by Crippen LogP contribution is 2.70. The Balaban J connectivity index is 2.10. The summed E-state index contributed by atoms with van der Waals surface area (Å²) in [7, 11) is 0. The molecule has 2 N–H and O–H groups in total. The van der Waals surface area contributed by atoms with Gasteiger partial charge in [-0.2, -0.15) is 0 Å². The molecule has 2 aliphatic rings. The Morgan fingerprint density at radius 3 is 2.33 bits per heavy atom. The van der Waals surface area contributed by atoms with Gasteiger partial charge < -0.3 is 10.5 Å². The van der Waals surface area contributed by atoms with Crippen LogP contribution in [0.3, 0.4) is 0 Å². The summed E-state index contributed by atoms with van der Waals surface area (Å²) in [5, 5.41) is 0. The zero-order chi connectivity index (χ0) is 11.3. The van der Waals surface area contributed by atoms with E-state index in [0.29, 0.717) is 16.7 Å². The van der Waals surface area contributed by atoms with E-state index in [4.69, 9.17) is 10.5 Å². The third-order valence-electron chi connectivity index (χ3n) is 4.88. The highest BCUT2D eigenvalue weighted by molar-refractivity contribution is 5.24. The first kappa shape index (κ1) is 11.0. The van der Waals surface area contributed by atoms with Gasteiger partial charge in [0.25, 0.3) is 0 Å². The van der Waals surface area contributed by atoms with Gasteiger partial charge in [-0.15, -0.1) is 0 Å². The van der Waals surface area contributed by atoms with E-state index in [9.17, 15) is 0 Å². The molecule has 1 saturated carbocycles. The summed E-state index contributed by atoms with van der Waals surface area (Å²) in [5.74, 6) is 0.595. The molecule has 1 unspecified atom stereocenters. The van der Waals surface area contributed by atoms with Crippen LogP contribution < -0.4 is 5.73 Å². The minimum absolute atomic E-state index is 0.190. The van der Waals surface area contributed by atoms with Crippen molar-refractivity contribution in [2.24, 2.45) is 22.5 Å². The molecule has 1 heterocycles. The van der Waals surface area contributed by atoms with E-state index >= 15 is 0 Å². The molecular weight excluding hydrogens is 186 g/mol. The van der Waals surface area contributed by atoms with Crippen LogP contribution in [-0.2, 0) is 4.74 Å².